The Balaban J connectivity index is 0.000000166. The van der Waals surface area contributed by atoms with Gasteiger partial charge in [-0.05, 0) is 66.8 Å². The van der Waals surface area contributed by atoms with E-state index in [1.165, 1.54) is 18.8 Å². The first kappa shape index (κ1) is 47.1. The lowest BCUT2D eigenvalue weighted by molar-refractivity contribution is -0.166. The second-order valence-electron chi connectivity index (χ2n) is 14.6. The summed E-state index contributed by atoms with van der Waals surface area (Å²) in [5.74, 6) is 2.26. The van der Waals surface area contributed by atoms with E-state index in [1.807, 2.05) is 48.5 Å². The minimum Gasteiger partial charge on any atom is -0.505 e. The molecule has 1 aliphatic rings. The maximum absolute atomic E-state index is 11.9. The molecular formula is C45H48N14O8. The van der Waals surface area contributed by atoms with E-state index in [0.29, 0.717) is 59.8 Å². The average molecular weight is 913 g/mol. The third-order valence-electron chi connectivity index (χ3n) is 9.83. The van der Waals surface area contributed by atoms with E-state index >= 15 is 0 Å². The minimum atomic E-state index is -0.276. The highest BCUT2D eigenvalue weighted by molar-refractivity contribution is 5.92. The fraction of sp³-hybridized carbons (Fsp3) is 0.289. The number of fused-ring (bicyclic) bond motifs is 2. The lowest BCUT2D eigenvalue weighted by Crippen LogP contribution is -2.23. The number of rotatable bonds is 14. The Morgan fingerprint density at radius 2 is 1.21 bits per heavy atom. The van der Waals surface area contributed by atoms with Gasteiger partial charge >= 0.3 is 0 Å². The van der Waals surface area contributed by atoms with Gasteiger partial charge in [-0.3, -0.25) is 9.59 Å². The van der Waals surface area contributed by atoms with E-state index in [1.54, 1.807) is 59.8 Å². The van der Waals surface area contributed by atoms with E-state index in [2.05, 4.69) is 61.2 Å². The molecule has 0 aliphatic carbocycles. The van der Waals surface area contributed by atoms with Gasteiger partial charge in [-0.2, -0.15) is 19.2 Å². The van der Waals surface area contributed by atoms with Crippen molar-refractivity contribution < 1.29 is 39.1 Å². The third kappa shape index (κ3) is 12.7. The second kappa shape index (κ2) is 23.3. The molecule has 2 amide bonds. The van der Waals surface area contributed by atoms with Crippen LogP contribution in [0, 0.1) is 0 Å². The standard InChI is InChI=1S/C20H19N7O3.C18H15N7O2.C7H14O3/c1-21-20(29)16-5-6-17-24-25-18(27(17)26-16)10-13-3-2-4-14(9-13)19-22-11-15(12-23-19)30-8-7-28;1-19-18(27)14-5-6-15-22-23-16(25(15)24-14)8-11-3-2-4-12(7-11)17-20-9-13(26)10-21-17;8-4-6-10-7-3-1-2-5-9-7/h2-6,9,11-12,28H,7-8,10H2,1H3,(H,21,29);2-7,9-10,26H,8H2,1H3,(H,19,27);7-8H,1-6H2. The van der Waals surface area contributed by atoms with Gasteiger partial charge in [0.2, 0.25) is 0 Å². The zero-order chi connectivity index (χ0) is 47.0. The molecular weight excluding hydrogens is 865 g/mol. The Bertz CT molecular complexity index is 2870. The van der Waals surface area contributed by atoms with E-state index in [9.17, 15) is 14.7 Å². The van der Waals surface area contributed by atoms with Gasteiger partial charge in [-0.15, -0.1) is 20.4 Å². The summed E-state index contributed by atoms with van der Waals surface area (Å²) in [6, 6.07) is 22.1. The van der Waals surface area contributed by atoms with E-state index in [4.69, 9.17) is 24.4 Å². The molecule has 1 unspecified atom stereocenters. The van der Waals surface area contributed by atoms with Crippen molar-refractivity contribution in [2.75, 3.05) is 47.1 Å². The summed E-state index contributed by atoms with van der Waals surface area (Å²) in [6.45, 7) is 1.40. The van der Waals surface area contributed by atoms with Crippen LogP contribution in [0.15, 0.2) is 97.6 Å². The van der Waals surface area contributed by atoms with Crippen molar-refractivity contribution >= 4 is 23.1 Å². The lowest BCUT2D eigenvalue weighted by atomic mass is 10.1. The number of nitrogens with one attached hydrogen (secondary N) is 2. The average Bonchev–Trinajstić information content (AvgIpc) is 3.98. The summed E-state index contributed by atoms with van der Waals surface area (Å²) >= 11 is 0. The summed E-state index contributed by atoms with van der Waals surface area (Å²) < 4.78 is 18.8. The summed E-state index contributed by atoms with van der Waals surface area (Å²) in [4.78, 5) is 40.6. The van der Waals surface area contributed by atoms with Gasteiger partial charge in [0.1, 0.15) is 18.0 Å². The molecule has 0 spiro atoms. The number of aliphatic hydroxyl groups excluding tert-OH is 2. The highest BCUT2D eigenvalue weighted by Crippen LogP contribution is 2.21. The lowest BCUT2D eigenvalue weighted by Gasteiger charge is -2.22. The van der Waals surface area contributed by atoms with Crippen molar-refractivity contribution in [3.8, 4) is 34.3 Å². The summed E-state index contributed by atoms with van der Waals surface area (Å²) in [7, 11) is 3.11. The van der Waals surface area contributed by atoms with Crippen molar-refractivity contribution in [2.45, 2.75) is 38.4 Å². The molecule has 22 nitrogen and oxygen atoms in total. The van der Waals surface area contributed by atoms with Crippen LogP contribution in [0.3, 0.4) is 0 Å². The smallest absolute Gasteiger partial charge is 0.271 e. The fourth-order valence-electron chi connectivity index (χ4n) is 6.59. The normalized spacial score (nSPS) is 13.2. The van der Waals surface area contributed by atoms with Crippen LogP contribution in [0.4, 0.5) is 0 Å². The number of benzene rings is 2. The van der Waals surface area contributed by atoms with Crippen LogP contribution >= 0.6 is 0 Å². The molecule has 0 radical (unpaired) electrons. The molecule has 1 atom stereocenters. The fourth-order valence-corrected chi connectivity index (χ4v) is 6.59. The molecule has 346 valence electrons. The van der Waals surface area contributed by atoms with E-state index in [0.717, 1.165) is 41.7 Å². The zero-order valence-electron chi connectivity index (χ0n) is 36.6. The van der Waals surface area contributed by atoms with Crippen molar-refractivity contribution in [3.63, 3.8) is 0 Å². The summed E-state index contributed by atoms with van der Waals surface area (Å²) in [5, 5.41) is 56.9. The Morgan fingerprint density at radius 1 is 0.687 bits per heavy atom. The molecule has 1 fully saturated rings. The van der Waals surface area contributed by atoms with Crippen molar-refractivity contribution in [2.24, 2.45) is 0 Å². The van der Waals surface area contributed by atoms with Crippen LogP contribution in [0.5, 0.6) is 11.5 Å². The molecule has 22 heteroatoms. The number of nitrogens with zero attached hydrogens (tertiary/aromatic N) is 12. The largest absolute Gasteiger partial charge is 0.505 e. The SMILES string of the molecule is CNC(=O)c1ccc2nnc(Cc3cccc(-c4ncc(O)cn4)c3)n2n1.CNC(=O)c1ccc2nnc(Cc3cccc(-c4ncc(OCCO)cn4)c3)n2n1.OCCOC1CCCCO1. The molecule has 67 heavy (non-hydrogen) atoms. The maximum Gasteiger partial charge on any atom is 0.271 e. The molecule has 6 aromatic heterocycles. The number of carbonyl (C=O) groups excluding carboxylic acids is 2. The number of amides is 2. The van der Waals surface area contributed by atoms with Crippen LogP contribution in [0.25, 0.3) is 34.1 Å². The van der Waals surface area contributed by atoms with Crippen molar-refractivity contribution in [1.82, 2.24) is 70.2 Å². The van der Waals surface area contributed by atoms with Crippen LogP contribution in [0.1, 0.15) is 63.0 Å². The Kier molecular flexibility index (Phi) is 16.4. The topological polar surface area (TPSA) is 284 Å². The van der Waals surface area contributed by atoms with Crippen molar-refractivity contribution in [3.05, 3.63) is 132 Å². The number of ether oxygens (including phenoxy) is 3. The summed E-state index contributed by atoms with van der Waals surface area (Å²) in [5.41, 5.74) is 5.30. The van der Waals surface area contributed by atoms with Gasteiger partial charge in [0.15, 0.2) is 52.4 Å². The van der Waals surface area contributed by atoms with Gasteiger partial charge in [-0.25, -0.2) is 19.9 Å². The maximum atomic E-state index is 11.9. The Morgan fingerprint density at radius 3 is 1.69 bits per heavy atom. The number of hydrogen-bond donors (Lipinski definition) is 5. The highest BCUT2D eigenvalue weighted by atomic mass is 16.7. The molecule has 1 aliphatic heterocycles. The molecule has 2 aromatic carbocycles. The van der Waals surface area contributed by atoms with E-state index in [-0.39, 0.29) is 55.1 Å². The minimum absolute atomic E-state index is 0.0165. The Hall–Kier alpha value is -7.92. The number of aromatic nitrogens is 12. The zero-order valence-corrected chi connectivity index (χ0v) is 36.6. The number of hydrogen-bond acceptors (Lipinski definition) is 18. The molecule has 0 saturated carbocycles. The first-order valence-electron chi connectivity index (χ1n) is 21.2. The number of aromatic hydroxyl groups is 1. The predicted molar refractivity (Wildman–Crippen MR) is 240 cm³/mol. The van der Waals surface area contributed by atoms with Gasteiger partial charge in [0, 0.05) is 44.7 Å². The molecule has 8 aromatic rings. The van der Waals surface area contributed by atoms with Crippen LogP contribution in [0.2, 0.25) is 0 Å². The van der Waals surface area contributed by atoms with Crippen LogP contribution in [-0.4, -0.2) is 140 Å². The van der Waals surface area contributed by atoms with E-state index < -0.39 is 0 Å². The van der Waals surface area contributed by atoms with Crippen molar-refractivity contribution in [1.29, 1.82) is 0 Å². The first-order valence-corrected chi connectivity index (χ1v) is 21.2. The molecule has 0 bridgehead atoms. The quantitative estimate of drug-likeness (QED) is 0.105. The van der Waals surface area contributed by atoms with Gasteiger partial charge in [0.05, 0.1) is 44.6 Å². The predicted octanol–water partition coefficient (Wildman–Crippen LogP) is 2.66. The number of carbonyl (C=O) groups is 2. The summed E-state index contributed by atoms with van der Waals surface area (Å²) in [6.07, 6.45) is 10.0. The molecule has 7 heterocycles. The van der Waals surface area contributed by atoms with Gasteiger partial charge in [0.25, 0.3) is 11.8 Å². The number of aliphatic hydroxyl groups is 2. The monoisotopic (exact) mass is 912 g/mol. The third-order valence-corrected chi connectivity index (χ3v) is 9.83. The molecule has 1 saturated heterocycles. The Labute approximate surface area is 383 Å². The van der Waals surface area contributed by atoms with Crippen LogP contribution in [-0.2, 0) is 22.3 Å². The molecule has 9 rings (SSSR count). The first-order chi connectivity index (χ1) is 32.7. The second-order valence-corrected chi connectivity index (χ2v) is 14.6. The van der Waals surface area contributed by atoms with Crippen LogP contribution < -0.4 is 15.4 Å². The molecule has 5 N–H and O–H groups in total. The highest BCUT2D eigenvalue weighted by Gasteiger charge is 2.16. The van der Waals surface area contributed by atoms with Gasteiger partial charge < -0.3 is 40.2 Å². The van der Waals surface area contributed by atoms with Gasteiger partial charge in [-0.1, -0.05) is 36.4 Å².